The van der Waals surface area contributed by atoms with Gasteiger partial charge in [0.2, 0.25) is 0 Å². The molecule has 12 heteroatoms. The molecule has 0 radical (unpaired) electrons. The van der Waals surface area contributed by atoms with Gasteiger partial charge in [-0.05, 0) is 67.6 Å². The van der Waals surface area contributed by atoms with Gasteiger partial charge in [0.1, 0.15) is 11.4 Å². The van der Waals surface area contributed by atoms with Gasteiger partial charge in [-0.3, -0.25) is 19.6 Å². The highest BCUT2D eigenvalue weighted by atomic mass is 35.5. The molecule has 4 aromatic rings. The Balaban J connectivity index is 1.56. The second-order valence-corrected chi connectivity index (χ2v) is 10.5. The highest BCUT2D eigenvalue weighted by molar-refractivity contribution is 7.92. The molecular formula is C24H19Cl3N4O4S. The minimum absolute atomic E-state index is 0.0597. The summed E-state index contributed by atoms with van der Waals surface area (Å²) in [6, 6.07) is 15.4. The third-order valence-corrected chi connectivity index (χ3v) is 7.35. The molecule has 0 spiro atoms. The summed E-state index contributed by atoms with van der Waals surface area (Å²) < 4.78 is 34.2. The van der Waals surface area contributed by atoms with Crippen LogP contribution >= 0.6 is 34.8 Å². The summed E-state index contributed by atoms with van der Waals surface area (Å²) in [6.07, 6.45) is 1.39. The Bertz CT molecular complexity index is 1590. The van der Waals surface area contributed by atoms with Crippen LogP contribution < -0.4 is 15.0 Å². The second-order valence-electron chi connectivity index (χ2n) is 7.60. The predicted molar refractivity (Wildman–Crippen MR) is 144 cm³/mol. The van der Waals surface area contributed by atoms with E-state index in [2.05, 4.69) is 14.8 Å². The fraction of sp³-hybridized carbons (Fsp3) is 0.0833. The van der Waals surface area contributed by atoms with Crippen molar-refractivity contribution in [3.8, 4) is 11.4 Å². The number of anilines is 1. The third kappa shape index (κ3) is 5.44. The number of nitrogens with one attached hydrogen (secondary N) is 2. The van der Waals surface area contributed by atoms with E-state index in [0.29, 0.717) is 27.8 Å². The van der Waals surface area contributed by atoms with E-state index in [-0.39, 0.29) is 26.2 Å². The van der Waals surface area contributed by atoms with Gasteiger partial charge in [0.05, 0.1) is 33.3 Å². The van der Waals surface area contributed by atoms with Crippen LogP contribution in [0.3, 0.4) is 0 Å². The highest BCUT2D eigenvalue weighted by Crippen LogP contribution is 2.31. The summed E-state index contributed by atoms with van der Waals surface area (Å²) >= 11 is 18.5. The van der Waals surface area contributed by atoms with Crippen LogP contribution in [0.1, 0.15) is 11.3 Å². The first-order valence-corrected chi connectivity index (χ1v) is 13.0. The molecule has 0 fully saturated rings. The lowest BCUT2D eigenvalue weighted by Crippen LogP contribution is -2.18. The van der Waals surface area contributed by atoms with Crippen LogP contribution in [-0.2, 0) is 10.0 Å². The number of aromatic amines is 1. The normalized spacial score (nSPS) is 11.7. The lowest BCUT2D eigenvalue weighted by atomic mass is 10.2. The lowest BCUT2D eigenvalue weighted by molar-refractivity contribution is 0.415. The lowest BCUT2D eigenvalue weighted by Gasteiger charge is -2.09. The van der Waals surface area contributed by atoms with Crippen LogP contribution in [0, 0.1) is 6.92 Å². The molecule has 186 valence electrons. The van der Waals surface area contributed by atoms with Crippen molar-refractivity contribution in [2.45, 2.75) is 11.8 Å². The molecule has 8 nitrogen and oxygen atoms in total. The van der Waals surface area contributed by atoms with E-state index < -0.39 is 15.6 Å². The van der Waals surface area contributed by atoms with Crippen molar-refractivity contribution < 1.29 is 13.2 Å². The number of methoxy groups -OCH3 is 1. The van der Waals surface area contributed by atoms with Crippen molar-refractivity contribution in [3.05, 3.63) is 97.3 Å². The van der Waals surface area contributed by atoms with Crippen LogP contribution in [0.25, 0.3) is 5.69 Å². The van der Waals surface area contributed by atoms with Crippen LogP contribution in [0.4, 0.5) is 11.4 Å². The number of H-pyrrole nitrogens is 1. The van der Waals surface area contributed by atoms with Crippen molar-refractivity contribution in [2.24, 2.45) is 4.99 Å². The van der Waals surface area contributed by atoms with Gasteiger partial charge in [0.25, 0.3) is 15.6 Å². The van der Waals surface area contributed by atoms with Gasteiger partial charge in [-0.2, -0.15) is 0 Å². The summed E-state index contributed by atoms with van der Waals surface area (Å²) in [6.45, 7) is 1.71. The van der Waals surface area contributed by atoms with Crippen LogP contribution in [0.15, 0.2) is 75.3 Å². The molecule has 0 aliphatic carbocycles. The van der Waals surface area contributed by atoms with Gasteiger partial charge in [-0.15, -0.1) is 0 Å². The number of nitrogens with zero attached hydrogens (tertiary/aromatic N) is 2. The van der Waals surface area contributed by atoms with Gasteiger partial charge in [0, 0.05) is 22.6 Å². The fourth-order valence-corrected chi connectivity index (χ4v) is 5.39. The molecule has 0 saturated carbocycles. The van der Waals surface area contributed by atoms with E-state index in [1.165, 1.54) is 54.4 Å². The Morgan fingerprint density at radius 1 is 1.00 bits per heavy atom. The number of aliphatic imine (C=N–C) groups is 1. The molecule has 0 aliphatic heterocycles. The summed E-state index contributed by atoms with van der Waals surface area (Å²) in [4.78, 5) is 17.4. The Morgan fingerprint density at radius 3 is 2.19 bits per heavy atom. The van der Waals surface area contributed by atoms with Crippen LogP contribution in [0.2, 0.25) is 15.1 Å². The number of hydrogen-bond donors (Lipinski definition) is 2. The zero-order chi connectivity index (χ0) is 26.0. The van der Waals surface area contributed by atoms with Crippen molar-refractivity contribution in [2.75, 3.05) is 11.8 Å². The van der Waals surface area contributed by atoms with E-state index in [0.717, 1.165) is 0 Å². The smallest absolute Gasteiger partial charge is 0.280 e. The van der Waals surface area contributed by atoms with E-state index >= 15 is 0 Å². The SMILES string of the molecule is COc1ccc(NS(=O)(=O)c2ccc(N=Cc3c(C)[nH]n(-c4c(Cl)cc(Cl)cc4Cl)c3=O)cc2)cc1. The van der Waals surface area contributed by atoms with Crippen LogP contribution in [-0.4, -0.2) is 31.5 Å². The number of rotatable bonds is 7. The molecule has 0 bridgehead atoms. The number of sulfonamides is 1. The maximum absolute atomic E-state index is 13.0. The van der Waals surface area contributed by atoms with Crippen molar-refractivity contribution in [3.63, 3.8) is 0 Å². The average Bonchev–Trinajstić information content (AvgIpc) is 3.10. The zero-order valence-electron chi connectivity index (χ0n) is 18.9. The summed E-state index contributed by atoms with van der Waals surface area (Å²) in [7, 11) is -2.28. The Morgan fingerprint density at radius 2 is 1.61 bits per heavy atom. The molecule has 0 atom stereocenters. The average molecular weight is 566 g/mol. The first-order chi connectivity index (χ1) is 17.1. The first-order valence-electron chi connectivity index (χ1n) is 10.4. The molecule has 4 rings (SSSR count). The molecule has 0 amide bonds. The number of benzene rings is 3. The summed E-state index contributed by atoms with van der Waals surface area (Å²) in [5.74, 6) is 0.615. The third-order valence-electron chi connectivity index (χ3n) is 5.15. The van der Waals surface area contributed by atoms with Crippen LogP contribution in [0.5, 0.6) is 5.75 Å². The van der Waals surface area contributed by atoms with Crippen molar-refractivity contribution in [1.82, 2.24) is 9.78 Å². The van der Waals surface area contributed by atoms with E-state index in [1.54, 1.807) is 31.2 Å². The molecule has 2 N–H and O–H groups in total. The molecule has 1 heterocycles. The number of halogens is 3. The number of ether oxygens (including phenoxy) is 1. The van der Waals surface area contributed by atoms with E-state index in [1.807, 2.05) is 0 Å². The highest BCUT2D eigenvalue weighted by Gasteiger charge is 2.17. The van der Waals surface area contributed by atoms with Gasteiger partial charge in [-0.1, -0.05) is 34.8 Å². The zero-order valence-corrected chi connectivity index (χ0v) is 22.0. The minimum Gasteiger partial charge on any atom is -0.497 e. The van der Waals surface area contributed by atoms with Crippen molar-refractivity contribution in [1.29, 1.82) is 0 Å². The van der Waals surface area contributed by atoms with Crippen molar-refractivity contribution >= 4 is 62.4 Å². The topological polar surface area (TPSA) is 106 Å². The van der Waals surface area contributed by atoms with Gasteiger partial charge in [-0.25, -0.2) is 13.1 Å². The standard InChI is InChI=1S/C24H19Cl3N4O4S/c1-14-20(24(32)31(29-14)23-21(26)11-15(25)12-22(23)27)13-28-16-5-9-19(10-6-16)36(33,34)30-17-3-7-18(35-2)8-4-17/h3-13,29-30H,1-2H3. The van der Waals surface area contributed by atoms with Gasteiger partial charge < -0.3 is 4.74 Å². The largest absolute Gasteiger partial charge is 0.497 e. The second kappa shape index (κ2) is 10.4. The summed E-state index contributed by atoms with van der Waals surface area (Å²) in [5.41, 5.74) is 1.54. The van der Waals surface area contributed by atoms with E-state index in [9.17, 15) is 13.2 Å². The minimum atomic E-state index is -3.80. The monoisotopic (exact) mass is 564 g/mol. The Hall–Kier alpha value is -3.24. The van der Waals surface area contributed by atoms with Gasteiger partial charge >= 0.3 is 0 Å². The molecule has 0 unspecified atom stereocenters. The number of aromatic nitrogens is 2. The first kappa shape index (κ1) is 25.8. The quantitative estimate of drug-likeness (QED) is 0.268. The predicted octanol–water partition coefficient (Wildman–Crippen LogP) is 5.99. The number of aryl methyl sites for hydroxylation is 1. The molecule has 1 aromatic heterocycles. The molecular weight excluding hydrogens is 547 g/mol. The van der Waals surface area contributed by atoms with E-state index in [4.69, 9.17) is 39.5 Å². The molecule has 36 heavy (non-hydrogen) atoms. The summed E-state index contributed by atoms with van der Waals surface area (Å²) in [5, 5.41) is 3.69. The van der Waals surface area contributed by atoms with Gasteiger partial charge in [0.15, 0.2) is 0 Å². The molecule has 0 aliphatic rings. The fourth-order valence-electron chi connectivity index (χ4n) is 3.34. The maximum atomic E-state index is 13.0. The molecule has 3 aromatic carbocycles. The number of hydrogen-bond acceptors (Lipinski definition) is 5. The maximum Gasteiger partial charge on any atom is 0.280 e. The molecule has 0 saturated heterocycles. The Kier molecular flexibility index (Phi) is 7.46. The Labute approximate surface area is 222 Å².